The Balaban J connectivity index is 1.28. The first-order valence-electron chi connectivity index (χ1n) is 8.52. The molecule has 1 fully saturated rings. The van der Waals surface area contributed by atoms with Crippen LogP contribution in [0.4, 0.5) is 10.3 Å². The molecular weight excluding hydrogens is 376 g/mol. The monoisotopic (exact) mass is 393 g/mol. The van der Waals surface area contributed by atoms with Gasteiger partial charge in [-0.2, -0.15) is 14.4 Å². The number of aromatic nitrogens is 3. The average Bonchev–Trinajstić information content (AvgIpc) is 3.27. The third-order valence-corrected chi connectivity index (χ3v) is 5.02. The van der Waals surface area contributed by atoms with E-state index in [-0.39, 0.29) is 5.54 Å². The number of rotatable bonds is 7. The van der Waals surface area contributed by atoms with Gasteiger partial charge in [-0.3, -0.25) is 0 Å². The number of nitrogens with zero attached hydrogens (tertiary/aromatic N) is 2. The number of nitrogens with one attached hydrogen (secondary N) is 3. The van der Waals surface area contributed by atoms with Gasteiger partial charge in [-0.1, -0.05) is 23.2 Å². The second kappa shape index (κ2) is 7.02. The first-order chi connectivity index (χ1) is 12.5. The fourth-order valence-corrected chi connectivity index (χ4v) is 3.62. The molecule has 3 aromatic rings. The number of aromatic amines is 1. The topological polar surface area (TPSA) is 65.6 Å². The Hall–Kier alpha value is -1.89. The smallest absolute Gasteiger partial charge is 0.215 e. The van der Waals surface area contributed by atoms with Crippen molar-refractivity contribution >= 4 is 40.3 Å². The molecule has 1 aromatic carbocycles. The molecule has 0 bridgehead atoms. The van der Waals surface area contributed by atoms with Crippen LogP contribution in [-0.4, -0.2) is 28.0 Å². The van der Waals surface area contributed by atoms with Crippen LogP contribution in [-0.2, 0) is 5.54 Å². The van der Waals surface area contributed by atoms with Crippen molar-refractivity contribution in [3.05, 3.63) is 51.9 Å². The Labute approximate surface area is 160 Å². The second-order valence-electron chi connectivity index (χ2n) is 6.54. The molecular formula is C18H18Cl2FN5. The van der Waals surface area contributed by atoms with Gasteiger partial charge in [-0.25, -0.2) is 0 Å². The summed E-state index contributed by atoms with van der Waals surface area (Å²) >= 11 is 12.2. The van der Waals surface area contributed by atoms with Crippen molar-refractivity contribution in [1.29, 1.82) is 0 Å². The zero-order chi connectivity index (χ0) is 18.1. The Bertz CT molecular complexity index is 918. The highest BCUT2D eigenvalue weighted by atomic mass is 35.5. The lowest BCUT2D eigenvalue weighted by Gasteiger charge is -2.18. The Morgan fingerprint density at radius 3 is 2.58 bits per heavy atom. The van der Waals surface area contributed by atoms with E-state index in [0.717, 1.165) is 37.9 Å². The molecule has 1 saturated carbocycles. The summed E-state index contributed by atoms with van der Waals surface area (Å²) in [6.45, 7) is 1.59. The van der Waals surface area contributed by atoms with Crippen molar-refractivity contribution in [3.8, 4) is 0 Å². The van der Waals surface area contributed by atoms with E-state index in [1.165, 1.54) is 6.07 Å². The largest absolute Gasteiger partial charge is 0.356 e. The van der Waals surface area contributed by atoms with Gasteiger partial charge in [0.25, 0.3) is 0 Å². The predicted octanol–water partition coefficient (Wildman–Crippen LogP) is 4.48. The molecule has 4 rings (SSSR count). The average molecular weight is 394 g/mol. The van der Waals surface area contributed by atoms with Gasteiger partial charge in [0.15, 0.2) is 5.65 Å². The zero-order valence-corrected chi connectivity index (χ0v) is 15.5. The van der Waals surface area contributed by atoms with Crippen molar-refractivity contribution in [2.75, 3.05) is 18.4 Å². The van der Waals surface area contributed by atoms with E-state index in [2.05, 4.69) is 25.6 Å². The molecule has 0 amide bonds. The van der Waals surface area contributed by atoms with Crippen LogP contribution >= 0.6 is 23.2 Å². The maximum Gasteiger partial charge on any atom is 0.215 e. The third-order valence-electron chi connectivity index (χ3n) is 4.59. The number of benzene rings is 1. The summed E-state index contributed by atoms with van der Waals surface area (Å²) in [6.07, 6.45) is 3.07. The van der Waals surface area contributed by atoms with Crippen LogP contribution in [0.2, 0.25) is 10.0 Å². The van der Waals surface area contributed by atoms with Crippen molar-refractivity contribution in [2.45, 2.75) is 24.8 Å². The Kier molecular flexibility index (Phi) is 4.73. The van der Waals surface area contributed by atoms with Gasteiger partial charge in [-0.15, -0.1) is 0 Å². The van der Waals surface area contributed by atoms with Gasteiger partial charge in [0, 0.05) is 22.1 Å². The summed E-state index contributed by atoms with van der Waals surface area (Å²) in [6, 6.07) is 8.65. The summed E-state index contributed by atoms with van der Waals surface area (Å²) in [5.41, 5.74) is 2.23. The van der Waals surface area contributed by atoms with E-state index >= 15 is 0 Å². The molecule has 0 aliphatic heterocycles. The summed E-state index contributed by atoms with van der Waals surface area (Å²) in [5, 5.41) is 8.15. The van der Waals surface area contributed by atoms with Gasteiger partial charge in [0.1, 0.15) is 0 Å². The molecule has 3 N–H and O–H groups in total. The van der Waals surface area contributed by atoms with E-state index in [9.17, 15) is 4.39 Å². The number of H-pyrrole nitrogens is 1. The maximum atomic E-state index is 13.1. The minimum atomic E-state index is -0.532. The van der Waals surface area contributed by atoms with Crippen LogP contribution in [0.1, 0.15) is 24.8 Å². The zero-order valence-electron chi connectivity index (χ0n) is 14.0. The molecule has 1 aliphatic carbocycles. The molecule has 2 heterocycles. The first-order valence-corrected chi connectivity index (χ1v) is 9.27. The molecule has 0 radical (unpaired) electrons. The van der Waals surface area contributed by atoms with E-state index in [0.29, 0.717) is 27.2 Å². The summed E-state index contributed by atoms with van der Waals surface area (Å²) in [7, 11) is 0. The Morgan fingerprint density at radius 2 is 1.85 bits per heavy atom. The van der Waals surface area contributed by atoms with E-state index < -0.39 is 5.95 Å². The number of halogens is 3. The summed E-state index contributed by atoms with van der Waals surface area (Å²) < 4.78 is 13.1. The van der Waals surface area contributed by atoms with Crippen molar-refractivity contribution in [1.82, 2.24) is 20.3 Å². The van der Waals surface area contributed by atoms with Crippen LogP contribution in [0.25, 0.3) is 11.2 Å². The molecule has 0 atom stereocenters. The highest BCUT2D eigenvalue weighted by Gasteiger charge is 2.43. The third kappa shape index (κ3) is 3.77. The van der Waals surface area contributed by atoms with E-state index in [1.54, 1.807) is 12.1 Å². The van der Waals surface area contributed by atoms with E-state index in [4.69, 9.17) is 23.2 Å². The molecule has 1 aliphatic rings. The summed E-state index contributed by atoms with van der Waals surface area (Å²) in [4.78, 5) is 11.1. The highest BCUT2D eigenvalue weighted by Crippen LogP contribution is 2.46. The van der Waals surface area contributed by atoms with Gasteiger partial charge in [0.05, 0.1) is 5.52 Å². The van der Waals surface area contributed by atoms with Gasteiger partial charge in [-0.05, 0) is 61.7 Å². The lowest BCUT2D eigenvalue weighted by atomic mass is 10.0. The maximum absolute atomic E-state index is 13.1. The van der Waals surface area contributed by atoms with Crippen LogP contribution in [0.15, 0.2) is 30.3 Å². The fourth-order valence-electron chi connectivity index (χ4n) is 3.10. The SMILES string of the molecule is Fc1ccc2[nH]c(NCCCNC3(c4cc(Cl)cc(Cl)c4)CC3)nc2n1. The van der Waals surface area contributed by atoms with Gasteiger partial charge >= 0.3 is 0 Å². The lowest BCUT2D eigenvalue weighted by Crippen LogP contribution is -2.30. The van der Waals surface area contributed by atoms with Crippen molar-refractivity contribution in [2.24, 2.45) is 0 Å². The highest BCUT2D eigenvalue weighted by molar-refractivity contribution is 6.34. The first kappa shape index (κ1) is 17.5. The van der Waals surface area contributed by atoms with Crippen LogP contribution in [0.3, 0.4) is 0 Å². The molecule has 0 saturated heterocycles. The number of hydrogen-bond donors (Lipinski definition) is 3. The number of fused-ring (bicyclic) bond motifs is 1. The van der Waals surface area contributed by atoms with Crippen molar-refractivity contribution < 1.29 is 4.39 Å². The molecule has 0 unspecified atom stereocenters. The van der Waals surface area contributed by atoms with Gasteiger partial charge in [0.2, 0.25) is 11.9 Å². The minimum absolute atomic E-state index is 0.00461. The number of imidazole rings is 1. The number of hydrogen-bond acceptors (Lipinski definition) is 4. The van der Waals surface area contributed by atoms with Crippen LogP contribution in [0, 0.1) is 5.95 Å². The lowest BCUT2D eigenvalue weighted by molar-refractivity contribution is 0.514. The van der Waals surface area contributed by atoms with Crippen molar-refractivity contribution in [3.63, 3.8) is 0 Å². The standard InChI is InChI=1S/C18H18Cl2FN5/c19-12-8-11(9-13(20)10-12)18(4-5-18)23-7-1-6-22-17-24-14-2-3-15(21)25-16(14)26-17/h2-3,8-10,23H,1,4-7H2,(H2,22,24,25,26). The molecule has 136 valence electrons. The summed E-state index contributed by atoms with van der Waals surface area (Å²) in [5.74, 6) is 0.0662. The second-order valence-corrected chi connectivity index (χ2v) is 7.41. The predicted molar refractivity (Wildman–Crippen MR) is 102 cm³/mol. The molecule has 26 heavy (non-hydrogen) atoms. The normalized spacial score (nSPS) is 15.3. The molecule has 8 heteroatoms. The molecule has 2 aromatic heterocycles. The van der Waals surface area contributed by atoms with E-state index in [1.807, 2.05) is 12.1 Å². The minimum Gasteiger partial charge on any atom is -0.356 e. The van der Waals surface area contributed by atoms with Crippen LogP contribution in [0.5, 0.6) is 0 Å². The van der Waals surface area contributed by atoms with Crippen LogP contribution < -0.4 is 10.6 Å². The number of pyridine rings is 1. The quantitative estimate of drug-likeness (QED) is 0.408. The number of anilines is 1. The molecule has 5 nitrogen and oxygen atoms in total. The molecule has 0 spiro atoms. The van der Waals surface area contributed by atoms with Gasteiger partial charge < -0.3 is 15.6 Å². The Morgan fingerprint density at radius 1 is 1.08 bits per heavy atom. The fraction of sp³-hybridized carbons (Fsp3) is 0.333.